The van der Waals surface area contributed by atoms with Crippen LogP contribution in [0.3, 0.4) is 0 Å². The predicted molar refractivity (Wildman–Crippen MR) is 62.0 cm³/mol. The minimum atomic E-state index is 0.943. The van der Waals surface area contributed by atoms with Gasteiger partial charge in [-0.15, -0.1) is 0 Å². The first-order valence-corrected chi connectivity index (χ1v) is 5.92. The van der Waals surface area contributed by atoms with Crippen molar-refractivity contribution in [3.63, 3.8) is 0 Å². The van der Waals surface area contributed by atoms with Crippen LogP contribution in [0.5, 0.6) is 0 Å². The second-order valence-corrected chi connectivity index (χ2v) is 6.16. The molecule has 4 heteroatoms. The first kappa shape index (κ1) is 10.2. The van der Waals surface area contributed by atoms with Crippen molar-refractivity contribution in [1.82, 2.24) is 0 Å². The van der Waals surface area contributed by atoms with E-state index in [4.69, 9.17) is 0 Å². The highest BCUT2D eigenvalue weighted by Crippen LogP contribution is 2.36. The highest BCUT2D eigenvalue weighted by atomic mass is 79.9. The first-order valence-electron chi connectivity index (χ1n) is 2.75. The van der Waals surface area contributed by atoms with E-state index in [1.165, 1.54) is 0 Å². The van der Waals surface area contributed by atoms with Crippen LogP contribution < -0.4 is 0 Å². The number of benzene rings is 1. The topological polar surface area (TPSA) is 0 Å². The van der Waals surface area contributed by atoms with Crippen molar-refractivity contribution < 1.29 is 0 Å². The Hall–Kier alpha value is 1.14. The van der Waals surface area contributed by atoms with Crippen LogP contribution in [-0.2, 0) is 0 Å². The third-order valence-electron chi connectivity index (χ3n) is 1.16. The maximum atomic E-state index is 3.45. The fourth-order valence-electron chi connectivity index (χ4n) is 0.650. The van der Waals surface area contributed by atoms with Gasteiger partial charge in [0.25, 0.3) is 0 Å². The van der Waals surface area contributed by atoms with Gasteiger partial charge in [-0.25, -0.2) is 0 Å². The van der Waals surface area contributed by atoms with Crippen molar-refractivity contribution in [3.05, 3.63) is 36.4 Å². The molecule has 1 rings (SSSR count). The molecule has 0 saturated heterocycles. The summed E-state index contributed by atoms with van der Waals surface area (Å²) in [5.74, 6) is 0. The molecule has 0 saturated carbocycles. The number of rotatable bonds is 1. The molecule has 0 atom stereocenters. The van der Waals surface area contributed by atoms with Gasteiger partial charge in [-0.2, -0.15) is 0 Å². The van der Waals surface area contributed by atoms with Crippen LogP contribution in [0.2, 0.25) is 0 Å². The second-order valence-electron chi connectivity index (χ2n) is 1.86. The molecule has 11 heavy (non-hydrogen) atoms. The lowest BCUT2D eigenvalue weighted by molar-refractivity contribution is 1.49. The van der Waals surface area contributed by atoms with Crippen molar-refractivity contribution in [2.75, 3.05) is 0 Å². The van der Waals surface area contributed by atoms with Gasteiger partial charge in [-0.1, -0.05) is 44.0 Å². The van der Waals surface area contributed by atoms with E-state index in [1.54, 1.807) is 0 Å². The van der Waals surface area contributed by atoms with Gasteiger partial charge in [0.2, 0.25) is 0 Å². The average Bonchev–Trinajstić information content (AvgIpc) is 1.94. The van der Waals surface area contributed by atoms with Crippen molar-refractivity contribution in [1.29, 1.82) is 0 Å². The minimum absolute atomic E-state index is 0.943. The Kier molecular flexibility index (Phi) is 4.09. The predicted octanol–water partition coefficient (Wildman–Crippen LogP) is 4.84. The molecular formula is C7H3Br4. The Bertz CT molecular complexity index is 257. The molecule has 0 bridgehead atoms. The molecule has 0 aliphatic carbocycles. The molecule has 0 aliphatic heterocycles. The summed E-state index contributed by atoms with van der Waals surface area (Å²) in [5, 5.41) is 0. The Morgan fingerprint density at radius 2 is 1.73 bits per heavy atom. The van der Waals surface area contributed by atoms with Gasteiger partial charge < -0.3 is 0 Å². The Labute approximate surface area is 99.3 Å². The highest BCUT2D eigenvalue weighted by molar-refractivity contribution is 9.27. The summed E-state index contributed by atoms with van der Waals surface area (Å²) in [4.78, 5) is 0. The van der Waals surface area contributed by atoms with Crippen molar-refractivity contribution in [2.24, 2.45) is 0 Å². The van der Waals surface area contributed by atoms with E-state index in [-0.39, 0.29) is 0 Å². The van der Waals surface area contributed by atoms with Gasteiger partial charge in [0, 0.05) is 8.95 Å². The number of hydrogen-bond acceptors (Lipinski definition) is 0. The van der Waals surface area contributed by atoms with E-state index >= 15 is 0 Å². The van der Waals surface area contributed by atoms with Gasteiger partial charge >= 0.3 is 0 Å². The highest BCUT2D eigenvalue weighted by Gasteiger charge is 2.09. The maximum absolute atomic E-state index is 3.45. The summed E-state index contributed by atoms with van der Waals surface area (Å²) >= 11 is 13.6. The lowest BCUT2D eigenvalue weighted by Crippen LogP contribution is -1.83. The summed E-state index contributed by atoms with van der Waals surface area (Å²) in [6, 6.07) is 5.97. The molecule has 0 nitrogen and oxygen atoms in total. The largest absolute Gasteiger partial charge is 0.136 e. The zero-order valence-electron chi connectivity index (χ0n) is 5.24. The van der Waals surface area contributed by atoms with Crippen molar-refractivity contribution in [3.8, 4) is 0 Å². The van der Waals surface area contributed by atoms with E-state index in [2.05, 4.69) is 63.7 Å². The van der Waals surface area contributed by atoms with Crippen LogP contribution in [0.4, 0.5) is 0 Å². The Balaban J connectivity index is 3.17. The lowest BCUT2D eigenvalue weighted by atomic mass is 10.2. The maximum Gasteiger partial charge on any atom is 0.136 e. The first-order chi connectivity index (χ1) is 5.13. The molecule has 0 heterocycles. The van der Waals surface area contributed by atoms with Crippen LogP contribution in [-0.4, -0.2) is 0 Å². The zero-order valence-corrected chi connectivity index (χ0v) is 11.6. The Morgan fingerprint density at radius 3 is 2.18 bits per heavy atom. The standard InChI is InChI=1S/C7H3Br4/c8-5-3-1-2-4(6(5)9)7(10)11/h1-3H. The molecule has 0 fully saturated rings. The molecule has 0 aromatic heterocycles. The molecule has 0 spiro atoms. The molecule has 0 aliphatic rings. The van der Waals surface area contributed by atoms with Crippen LogP contribution in [0.25, 0.3) is 0 Å². The summed E-state index contributed by atoms with van der Waals surface area (Å²) in [6.45, 7) is 0. The van der Waals surface area contributed by atoms with Crippen molar-refractivity contribution in [2.45, 2.75) is 0 Å². The van der Waals surface area contributed by atoms with E-state index in [9.17, 15) is 0 Å². The number of halogens is 4. The summed E-state index contributed by atoms with van der Waals surface area (Å²) in [6.07, 6.45) is 0. The average molecular weight is 407 g/mol. The quantitative estimate of drug-likeness (QED) is 0.626. The minimum Gasteiger partial charge on any atom is -0.0644 e. The van der Waals surface area contributed by atoms with Crippen LogP contribution >= 0.6 is 63.7 Å². The zero-order chi connectivity index (χ0) is 8.43. The normalized spacial score (nSPS) is 10.6. The molecule has 0 amide bonds. The van der Waals surface area contributed by atoms with E-state index < -0.39 is 0 Å². The lowest BCUT2D eigenvalue weighted by Gasteiger charge is -2.04. The molecule has 1 aromatic carbocycles. The van der Waals surface area contributed by atoms with Gasteiger partial charge in [0.05, 0.1) is 0 Å². The van der Waals surface area contributed by atoms with E-state index in [1.807, 2.05) is 18.2 Å². The van der Waals surface area contributed by atoms with Gasteiger partial charge in [-0.3, -0.25) is 0 Å². The molecule has 1 aromatic rings. The fraction of sp³-hybridized carbons (Fsp3) is 0. The summed E-state index contributed by atoms with van der Waals surface area (Å²) in [7, 11) is 0. The van der Waals surface area contributed by atoms with E-state index in [0.29, 0.717) is 0 Å². The number of hydrogen-bond donors (Lipinski definition) is 0. The van der Waals surface area contributed by atoms with E-state index in [0.717, 1.165) is 18.2 Å². The molecule has 1 radical (unpaired) electrons. The third-order valence-corrected chi connectivity index (χ3v) is 4.06. The summed E-state index contributed by atoms with van der Waals surface area (Å²) in [5.41, 5.74) is 1.10. The molecular weight excluding hydrogens is 404 g/mol. The smallest absolute Gasteiger partial charge is 0.0644 e. The van der Waals surface area contributed by atoms with Crippen LogP contribution in [0.15, 0.2) is 27.1 Å². The fourth-order valence-corrected chi connectivity index (χ4v) is 2.67. The molecule has 59 valence electrons. The molecule has 0 unspecified atom stereocenters. The monoisotopic (exact) mass is 403 g/mol. The van der Waals surface area contributed by atoms with Gasteiger partial charge in [0.1, 0.15) is 3.74 Å². The van der Waals surface area contributed by atoms with Crippen LogP contribution in [0, 0.1) is 3.74 Å². The third kappa shape index (κ3) is 2.54. The SMILES string of the molecule is Br[C](Br)c1cccc(Br)c1Br. The summed E-state index contributed by atoms with van der Waals surface area (Å²) < 4.78 is 3.04. The Morgan fingerprint density at radius 1 is 1.09 bits per heavy atom. The van der Waals surface area contributed by atoms with Gasteiger partial charge in [0.15, 0.2) is 0 Å². The molecule has 0 N–H and O–H groups in total. The van der Waals surface area contributed by atoms with Gasteiger partial charge in [-0.05, 0) is 43.5 Å². The second kappa shape index (κ2) is 4.40. The van der Waals surface area contributed by atoms with Crippen LogP contribution in [0.1, 0.15) is 5.56 Å². The van der Waals surface area contributed by atoms with Crippen molar-refractivity contribution >= 4 is 63.7 Å².